The number of halogens is 1. The molecular formula is C33H32FN5. The van der Waals surface area contributed by atoms with Gasteiger partial charge in [0, 0.05) is 17.4 Å². The van der Waals surface area contributed by atoms with Crippen molar-refractivity contribution in [2.24, 2.45) is 0 Å². The summed E-state index contributed by atoms with van der Waals surface area (Å²) >= 11 is 0. The van der Waals surface area contributed by atoms with Crippen molar-refractivity contribution in [3.8, 4) is 22.5 Å². The Kier molecular flexibility index (Phi) is 6.95. The first-order chi connectivity index (χ1) is 19.1. The van der Waals surface area contributed by atoms with E-state index in [9.17, 15) is 4.39 Å². The molecule has 0 atom stereocenters. The second-order valence-corrected chi connectivity index (χ2v) is 10.1. The molecule has 1 aliphatic rings. The van der Waals surface area contributed by atoms with Crippen molar-refractivity contribution in [1.82, 2.24) is 25.1 Å². The molecule has 1 saturated heterocycles. The van der Waals surface area contributed by atoms with Gasteiger partial charge in [0.25, 0.3) is 0 Å². The maximum atomic E-state index is 13.5. The monoisotopic (exact) mass is 517 g/mol. The van der Waals surface area contributed by atoms with Gasteiger partial charge in [0.15, 0.2) is 0 Å². The fraction of sp³-hybridized carbons (Fsp3) is 0.212. The van der Waals surface area contributed by atoms with E-state index in [1.165, 1.54) is 37.0 Å². The summed E-state index contributed by atoms with van der Waals surface area (Å²) in [5.41, 5.74) is 9.49. The Labute approximate surface area is 227 Å². The molecule has 39 heavy (non-hydrogen) atoms. The van der Waals surface area contributed by atoms with E-state index in [1.54, 1.807) is 0 Å². The van der Waals surface area contributed by atoms with Crippen molar-refractivity contribution < 1.29 is 4.39 Å². The van der Waals surface area contributed by atoms with Crippen LogP contribution >= 0.6 is 0 Å². The highest BCUT2D eigenvalue weighted by Crippen LogP contribution is 2.34. The molecule has 1 aliphatic heterocycles. The van der Waals surface area contributed by atoms with Crippen molar-refractivity contribution in [1.29, 1.82) is 0 Å². The minimum absolute atomic E-state index is 0.243. The number of fused-ring (bicyclic) bond motifs is 2. The average Bonchev–Trinajstić information content (AvgIpc) is 3.60. The topological polar surface area (TPSA) is 60.6 Å². The van der Waals surface area contributed by atoms with Gasteiger partial charge in [-0.25, -0.2) is 9.37 Å². The smallest absolute Gasteiger partial charge is 0.135 e. The molecule has 0 amide bonds. The van der Waals surface area contributed by atoms with Gasteiger partial charge < -0.3 is 4.98 Å². The van der Waals surface area contributed by atoms with Crippen LogP contribution in [0, 0.1) is 5.82 Å². The molecule has 0 aliphatic carbocycles. The number of nitrogens with zero attached hydrogens (tertiary/aromatic N) is 3. The van der Waals surface area contributed by atoms with Crippen LogP contribution in [0.5, 0.6) is 0 Å². The van der Waals surface area contributed by atoms with Gasteiger partial charge in [-0.2, -0.15) is 5.10 Å². The zero-order valence-electron chi connectivity index (χ0n) is 22.2. The van der Waals surface area contributed by atoms with Gasteiger partial charge in [-0.1, -0.05) is 49.4 Å². The molecule has 6 heteroatoms. The average molecular weight is 518 g/mol. The Morgan fingerprint density at radius 1 is 1.03 bits per heavy atom. The SMILES string of the molecule is C=C/C(=C\C(=C/C)c1ccc2[nH]nc(-c3cc4c(-c5ccc(F)cc5)cccc4[nH]3)c2n1)CN1CCCCC1. The van der Waals surface area contributed by atoms with E-state index in [-0.39, 0.29) is 5.82 Å². The largest absolute Gasteiger partial charge is 0.353 e. The molecule has 1 fully saturated rings. The van der Waals surface area contributed by atoms with Crippen molar-refractivity contribution in [2.75, 3.05) is 19.6 Å². The highest BCUT2D eigenvalue weighted by Gasteiger charge is 2.16. The number of likely N-dealkylation sites (tertiary alicyclic amines) is 1. The molecule has 0 bridgehead atoms. The first kappa shape index (κ1) is 25.0. The Balaban J connectivity index is 1.36. The lowest BCUT2D eigenvalue weighted by molar-refractivity contribution is 0.248. The second kappa shape index (κ2) is 10.8. The molecule has 6 rings (SSSR count). The molecule has 0 saturated carbocycles. The van der Waals surface area contributed by atoms with E-state index in [0.717, 1.165) is 75.4 Å². The minimum Gasteiger partial charge on any atom is -0.353 e. The maximum Gasteiger partial charge on any atom is 0.135 e. The fourth-order valence-electron chi connectivity index (χ4n) is 5.46. The summed E-state index contributed by atoms with van der Waals surface area (Å²) in [6, 6.07) is 18.9. The van der Waals surface area contributed by atoms with Crippen LogP contribution in [0.25, 0.3) is 50.0 Å². The number of rotatable bonds is 7. The van der Waals surface area contributed by atoms with Crippen molar-refractivity contribution in [3.63, 3.8) is 0 Å². The number of hydrogen-bond acceptors (Lipinski definition) is 3. The Morgan fingerprint density at radius 2 is 1.85 bits per heavy atom. The normalized spacial score (nSPS) is 15.3. The molecule has 5 nitrogen and oxygen atoms in total. The minimum atomic E-state index is -0.243. The molecule has 2 N–H and O–H groups in total. The third-order valence-corrected chi connectivity index (χ3v) is 7.55. The van der Waals surface area contributed by atoms with E-state index >= 15 is 0 Å². The van der Waals surface area contributed by atoms with E-state index in [2.05, 4.69) is 50.9 Å². The quantitative estimate of drug-likeness (QED) is 0.216. The summed E-state index contributed by atoms with van der Waals surface area (Å²) in [7, 11) is 0. The predicted molar refractivity (Wildman–Crippen MR) is 159 cm³/mol. The first-order valence-electron chi connectivity index (χ1n) is 13.6. The molecule has 0 spiro atoms. The Bertz CT molecular complexity index is 1700. The fourth-order valence-corrected chi connectivity index (χ4v) is 5.46. The van der Waals surface area contributed by atoms with Gasteiger partial charge >= 0.3 is 0 Å². The summed E-state index contributed by atoms with van der Waals surface area (Å²) in [6.45, 7) is 9.32. The third-order valence-electron chi connectivity index (χ3n) is 7.55. The van der Waals surface area contributed by atoms with Crippen LogP contribution in [0.1, 0.15) is 31.9 Å². The van der Waals surface area contributed by atoms with Crippen molar-refractivity contribution in [2.45, 2.75) is 26.2 Å². The van der Waals surface area contributed by atoms with Crippen LogP contribution < -0.4 is 0 Å². The highest BCUT2D eigenvalue weighted by atomic mass is 19.1. The molecule has 4 heterocycles. The molecule has 2 aromatic carbocycles. The van der Waals surface area contributed by atoms with Gasteiger partial charge in [-0.3, -0.25) is 10.00 Å². The first-order valence-corrected chi connectivity index (χ1v) is 13.6. The number of aromatic amines is 2. The highest BCUT2D eigenvalue weighted by molar-refractivity contribution is 6.00. The molecule has 3 aromatic heterocycles. The lowest BCUT2D eigenvalue weighted by Gasteiger charge is -2.26. The second-order valence-electron chi connectivity index (χ2n) is 10.1. The lowest BCUT2D eigenvalue weighted by Crippen LogP contribution is -2.31. The van der Waals surface area contributed by atoms with Crippen molar-refractivity contribution in [3.05, 3.63) is 103 Å². The van der Waals surface area contributed by atoms with Crippen LogP contribution in [0.3, 0.4) is 0 Å². The van der Waals surface area contributed by atoms with E-state index in [4.69, 9.17) is 4.98 Å². The number of benzene rings is 2. The zero-order chi connectivity index (χ0) is 26.8. The van der Waals surface area contributed by atoms with Gasteiger partial charge in [0.1, 0.15) is 17.0 Å². The number of nitrogens with one attached hydrogen (secondary N) is 2. The number of allylic oxidation sites excluding steroid dienone is 3. The van der Waals surface area contributed by atoms with E-state index < -0.39 is 0 Å². The van der Waals surface area contributed by atoms with Crippen LogP contribution in [0.2, 0.25) is 0 Å². The summed E-state index contributed by atoms with van der Waals surface area (Å²) < 4.78 is 13.5. The summed E-state index contributed by atoms with van der Waals surface area (Å²) in [5, 5.41) is 8.82. The Hall–Kier alpha value is -4.29. The molecule has 0 unspecified atom stereocenters. The molecule has 0 radical (unpaired) electrons. The van der Waals surface area contributed by atoms with E-state index in [0.29, 0.717) is 0 Å². The maximum absolute atomic E-state index is 13.5. The van der Waals surface area contributed by atoms with Crippen LogP contribution in [0.4, 0.5) is 4.39 Å². The number of aromatic nitrogens is 4. The molecule has 5 aromatic rings. The zero-order valence-corrected chi connectivity index (χ0v) is 22.2. The lowest BCUT2D eigenvalue weighted by atomic mass is 10.0. The number of piperidine rings is 1. The summed E-state index contributed by atoms with van der Waals surface area (Å²) in [6.07, 6.45) is 10.1. The summed E-state index contributed by atoms with van der Waals surface area (Å²) in [5.74, 6) is -0.243. The van der Waals surface area contributed by atoms with Crippen molar-refractivity contribution >= 4 is 27.5 Å². The number of pyridine rings is 1. The molecule has 196 valence electrons. The number of H-pyrrole nitrogens is 2. The summed E-state index contributed by atoms with van der Waals surface area (Å²) in [4.78, 5) is 11.1. The van der Waals surface area contributed by atoms with Crippen LogP contribution in [-0.4, -0.2) is 44.7 Å². The van der Waals surface area contributed by atoms with Gasteiger partial charge in [0.05, 0.1) is 16.9 Å². The predicted octanol–water partition coefficient (Wildman–Crippen LogP) is 7.91. The van der Waals surface area contributed by atoms with Crippen LogP contribution in [0.15, 0.2) is 91.0 Å². The van der Waals surface area contributed by atoms with Gasteiger partial charge in [0.2, 0.25) is 0 Å². The van der Waals surface area contributed by atoms with Crippen LogP contribution in [-0.2, 0) is 0 Å². The van der Waals surface area contributed by atoms with Gasteiger partial charge in [-0.05, 0) is 97.6 Å². The Morgan fingerprint density at radius 3 is 2.62 bits per heavy atom. The molecular weight excluding hydrogens is 485 g/mol. The van der Waals surface area contributed by atoms with E-state index in [1.807, 2.05) is 49.4 Å². The third kappa shape index (κ3) is 5.08. The number of hydrogen-bond donors (Lipinski definition) is 2. The van der Waals surface area contributed by atoms with Gasteiger partial charge in [-0.15, -0.1) is 0 Å². The standard InChI is InChI=1S/C33H32FN5/c1-3-22(21-39-17-6-5-7-18-39)19-23(4-2)28-15-16-30-32(36-28)33(38-37-30)31-20-27-26(9-8-10-29(27)35-31)24-11-13-25(34)14-12-24/h3-4,8-16,19-20,35H,1,5-7,17-18,21H2,2H3,(H,37,38)/b22-19+,23-4+.